The quantitative estimate of drug-likeness (QED) is 0.221. The Hall–Kier alpha value is -3.71. The Morgan fingerprint density at radius 3 is 2.61 bits per heavy atom. The lowest BCUT2D eigenvalue weighted by molar-refractivity contribution is 0.199. The largest absolute Gasteiger partial charge is 0.488 e. The van der Waals surface area contributed by atoms with Crippen LogP contribution in [0.15, 0.2) is 97.2 Å². The Morgan fingerprint density at radius 1 is 0.944 bits per heavy atom. The third kappa shape index (κ3) is 5.57. The number of nitrogens with zero attached hydrogens (tertiary/aromatic N) is 2. The van der Waals surface area contributed by atoms with Crippen LogP contribution < -0.4 is 10.1 Å². The highest BCUT2D eigenvalue weighted by atomic mass is 35.5. The SMILES string of the molecule is CC(O)c1cccc(Nc2nccc(-c3ccc(-c4ccccc4OCc4ccccc4Cl)s3)n2)c1. The number of thiophene rings is 1. The van der Waals surface area contributed by atoms with Crippen LogP contribution in [0.25, 0.3) is 21.0 Å². The number of hydrogen-bond donors (Lipinski definition) is 2. The fraction of sp³-hybridized carbons (Fsp3) is 0.103. The fourth-order valence-electron chi connectivity index (χ4n) is 3.75. The number of aromatic nitrogens is 2. The summed E-state index contributed by atoms with van der Waals surface area (Å²) in [5.41, 5.74) is 4.44. The van der Waals surface area contributed by atoms with E-state index in [0.717, 1.165) is 43.6 Å². The highest BCUT2D eigenvalue weighted by molar-refractivity contribution is 7.18. The van der Waals surface area contributed by atoms with Crippen LogP contribution in [0, 0.1) is 0 Å². The number of halogens is 1. The molecule has 7 heteroatoms. The smallest absolute Gasteiger partial charge is 0.227 e. The molecule has 2 N–H and O–H groups in total. The molecule has 0 saturated carbocycles. The van der Waals surface area contributed by atoms with Crippen molar-refractivity contribution >= 4 is 34.6 Å². The lowest BCUT2D eigenvalue weighted by Gasteiger charge is -2.11. The second-order valence-corrected chi connectivity index (χ2v) is 9.72. The minimum absolute atomic E-state index is 0.395. The molecule has 180 valence electrons. The molecule has 0 aliphatic carbocycles. The Balaban J connectivity index is 1.36. The van der Waals surface area contributed by atoms with Crippen LogP contribution >= 0.6 is 22.9 Å². The molecule has 0 amide bonds. The van der Waals surface area contributed by atoms with Gasteiger partial charge in [0.15, 0.2) is 0 Å². The van der Waals surface area contributed by atoms with Crippen molar-refractivity contribution in [2.24, 2.45) is 0 Å². The number of ether oxygens (including phenoxy) is 1. The average molecular weight is 514 g/mol. The monoisotopic (exact) mass is 513 g/mol. The van der Waals surface area contributed by atoms with Gasteiger partial charge in [-0.05, 0) is 61.0 Å². The second kappa shape index (κ2) is 10.9. The molecule has 0 saturated heterocycles. The second-order valence-electron chi connectivity index (χ2n) is 8.23. The topological polar surface area (TPSA) is 67.3 Å². The van der Waals surface area contributed by atoms with Crippen LogP contribution in [-0.4, -0.2) is 15.1 Å². The summed E-state index contributed by atoms with van der Waals surface area (Å²) >= 11 is 7.94. The van der Waals surface area contributed by atoms with Crippen LogP contribution in [0.4, 0.5) is 11.6 Å². The summed E-state index contributed by atoms with van der Waals surface area (Å²) < 4.78 is 6.15. The molecule has 5 aromatic rings. The molecule has 5 nitrogen and oxygen atoms in total. The molecule has 0 radical (unpaired) electrons. The molecule has 0 spiro atoms. The van der Waals surface area contributed by atoms with Gasteiger partial charge in [0.2, 0.25) is 5.95 Å². The maximum Gasteiger partial charge on any atom is 0.227 e. The predicted octanol–water partition coefficient (Wildman–Crippen LogP) is 7.90. The molecule has 0 fully saturated rings. The summed E-state index contributed by atoms with van der Waals surface area (Å²) in [5.74, 6) is 1.29. The van der Waals surface area contributed by atoms with E-state index in [9.17, 15) is 5.11 Å². The molecule has 3 aromatic carbocycles. The molecule has 2 aromatic heterocycles. The molecule has 1 unspecified atom stereocenters. The van der Waals surface area contributed by atoms with E-state index in [4.69, 9.17) is 21.3 Å². The molecular weight excluding hydrogens is 490 g/mol. The first-order valence-electron chi connectivity index (χ1n) is 11.5. The van der Waals surface area contributed by atoms with E-state index in [1.54, 1.807) is 24.5 Å². The Bertz CT molecular complexity index is 1480. The van der Waals surface area contributed by atoms with Crippen LogP contribution in [0.5, 0.6) is 5.75 Å². The van der Waals surface area contributed by atoms with E-state index >= 15 is 0 Å². The van der Waals surface area contributed by atoms with Crippen molar-refractivity contribution in [1.29, 1.82) is 0 Å². The van der Waals surface area contributed by atoms with Crippen molar-refractivity contribution in [3.05, 3.63) is 113 Å². The molecule has 0 aliphatic heterocycles. The van der Waals surface area contributed by atoms with E-state index < -0.39 is 6.10 Å². The number of aliphatic hydroxyl groups is 1. The summed E-state index contributed by atoms with van der Waals surface area (Å²) in [6.45, 7) is 2.14. The van der Waals surface area contributed by atoms with Gasteiger partial charge in [0.25, 0.3) is 0 Å². The number of hydrogen-bond acceptors (Lipinski definition) is 6. The Labute approximate surface area is 219 Å². The van der Waals surface area contributed by atoms with Gasteiger partial charge in [-0.3, -0.25) is 0 Å². The maximum absolute atomic E-state index is 9.85. The van der Waals surface area contributed by atoms with Gasteiger partial charge in [-0.25, -0.2) is 9.97 Å². The van der Waals surface area contributed by atoms with Crippen LogP contribution in [0.2, 0.25) is 5.02 Å². The zero-order valence-corrected chi connectivity index (χ0v) is 21.1. The van der Waals surface area contributed by atoms with E-state index in [1.807, 2.05) is 72.8 Å². The lowest BCUT2D eigenvalue weighted by Crippen LogP contribution is -1.99. The van der Waals surface area contributed by atoms with Crippen molar-refractivity contribution in [2.45, 2.75) is 19.6 Å². The Morgan fingerprint density at radius 2 is 1.75 bits per heavy atom. The van der Waals surface area contributed by atoms with Crippen molar-refractivity contribution in [2.75, 3.05) is 5.32 Å². The predicted molar refractivity (Wildman–Crippen MR) is 147 cm³/mol. The maximum atomic E-state index is 9.85. The summed E-state index contributed by atoms with van der Waals surface area (Å²) in [4.78, 5) is 11.2. The van der Waals surface area contributed by atoms with Gasteiger partial charge in [0.1, 0.15) is 12.4 Å². The normalized spacial score (nSPS) is 11.8. The van der Waals surface area contributed by atoms with Crippen molar-refractivity contribution in [1.82, 2.24) is 9.97 Å². The van der Waals surface area contributed by atoms with E-state index in [-0.39, 0.29) is 0 Å². The molecule has 0 bridgehead atoms. The molecule has 5 rings (SSSR count). The summed E-state index contributed by atoms with van der Waals surface area (Å²) in [6, 6.07) is 29.3. The first-order valence-corrected chi connectivity index (χ1v) is 12.7. The van der Waals surface area contributed by atoms with Crippen molar-refractivity contribution < 1.29 is 9.84 Å². The fourth-order valence-corrected chi connectivity index (χ4v) is 4.95. The number of rotatable bonds is 8. The minimum atomic E-state index is -0.542. The summed E-state index contributed by atoms with van der Waals surface area (Å²) in [5, 5.41) is 13.8. The molecule has 36 heavy (non-hydrogen) atoms. The third-order valence-electron chi connectivity index (χ3n) is 5.63. The van der Waals surface area contributed by atoms with Gasteiger partial charge in [0, 0.05) is 32.9 Å². The molecule has 0 aliphatic rings. The zero-order valence-electron chi connectivity index (χ0n) is 19.6. The van der Waals surface area contributed by atoms with Crippen LogP contribution in [0.3, 0.4) is 0 Å². The number of nitrogens with one attached hydrogen (secondary N) is 1. The molecular formula is C29H24ClN3O2S. The number of aliphatic hydroxyl groups excluding tert-OH is 1. The number of benzene rings is 3. The minimum Gasteiger partial charge on any atom is -0.488 e. The van der Waals surface area contributed by atoms with Gasteiger partial charge in [-0.15, -0.1) is 11.3 Å². The molecule has 1 atom stereocenters. The summed E-state index contributed by atoms with van der Waals surface area (Å²) in [7, 11) is 0. The van der Waals surface area contributed by atoms with Crippen LogP contribution in [-0.2, 0) is 6.61 Å². The highest BCUT2D eigenvalue weighted by Gasteiger charge is 2.12. The van der Waals surface area contributed by atoms with Gasteiger partial charge in [-0.2, -0.15) is 0 Å². The van der Waals surface area contributed by atoms with E-state index in [2.05, 4.69) is 28.5 Å². The van der Waals surface area contributed by atoms with E-state index in [0.29, 0.717) is 17.6 Å². The van der Waals surface area contributed by atoms with Crippen molar-refractivity contribution in [3.8, 4) is 26.8 Å². The zero-order chi connectivity index (χ0) is 24.9. The molecule has 2 heterocycles. The van der Waals surface area contributed by atoms with Gasteiger partial charge < -0.3 is 15.2 Å². The standard InChI is InChI=1S/C29H24ClN3O2S/c1-19(34)20-8-6-9-22(17-20)32-29-31-16-15-25(33-29)28-14-13-27(36-28)23-10-3-5-12-26(23)35-18-21-7-2-4-11-24(21)30/h2-17,19,34H,18H2,1H3,(H,31,32,33). The lowest BCUT2D eigenvalue weighted by atomic mass is 10.1. The van der Waals surface area contributed by atoms with Crippen LogP contribution in [0.1, 0.15) is 24.2 Å². The van der Waals surface area contributed by atoms with Gasteiger partial charge in [0.05, 0.1) is 16.7 Å². The summed E-state index contributed by atoms with van der Waals surface area (Å²) in [6.07, 6.45) is 1.20. The Kier molecular flexibility index (Phi) is 7.28. The first-order chi connectivity index (χ1) is 17.6. The van der Waals surface area contributed by atoms with Gasteiger partial charge in [-0.1, -0.05) is 54.1 Å². The number of anilines is 2. The number of para-hydroxylation sites is 1. The average Bonchev–Trinajstić information content (AvgIpc) is 3.39. The van der Waals surface area contributed by atoms with E-state index in [1.165, 1.54) is 0 Å². The first kappa shape index (κ1) is 24.0. The van der Waals surface area contributed by atoms with Crippen molar-refractivity contribution in [3.63, 3.8) is 0 Å². The third-order valence-corrected chi connectivity index (χ3v) is 7.14. The van der Waals surface area contributed by atoms with Gasteiger partial charge >= 0.3 is 0 Å². The highest BCUT2D eigenvalue weighted by Crippen LogP contribution is 2.38.